The summed E-state index contributed by atoms with van der Waals surface area (Å²) in [7, 11) is 0. The molecule has 2 fully saturated rings. The van der Waals surface area contributed by atoms with Gasteiger partial charge in [0.1, 0.15) is 0 Å². The van der Waals surface area contributed by atoms with E-state index >= 15 is 0 Å². The minimum Gasteiger partial charge on any atom is -0.347 e. The van der Waals surface area contributed by atoms with Crippen LogP contribution in [0.3, 0.4) is 0 Å². The number of halogens is 1. The van der Waals surface area contributed by atoms with Gasteiger partial charge in [0.15, 0.2) is 0 Å². The molecule has 2 aromatic rings. The van der Waals surface area contributed by atoms with Crippen molar-refractivity contribution in [1.82, 2.24) is 20.4 Å². The number of carbonyl (C=O) groups excluding carboxylic acids is 3. The Labute approximate surface area is 172 Å². The van der Waals surface area contributed by atoms with Gasteiger partial charge in [0.25, 0.3) is 0 Å². The number of rotatable bonds is 6. The van der Waals surface area contributed by atoms with Gasteiger partial charge in [0.05, 0.1) is 18.4 Å². The maximum absolute atomic E-state index is 12.4. The van der Waals surface area contributed by atoms with E-state index in [4.69, 9.17) is 16.1 Å². The monoisotopic (exact) mass is 416 g/mol. The molecule has 1 aromatic heterocycles. The number of imide groups is 1. The Morgan fingerprint density at radius 1 is 1.14 bits per heavy atom. The van der Waals surface area contributed by atoms with E-state index in [1.807, 2.05) is 0 Å². The third-order valence-electron chi connectivity index (χ3n) is 5.50. The highest BCUT2D eigenvalue weighted by Gasteiger charge is 2.47. The summed E-state index contributed by atoms with van der Waals surface area (Å²) < 4.78 is 5.15. The number of aromatic nitrogens is 2. The summed E-state index contributed by atoms with van der Waals surface area (Å²) >= 11 is 5.86. The molecule has 0 radical (unpaired) electrons. The molecule has 1 saturated carbocycles. The Balaban J connectivity index is 1.27. The first kappa shape index (κ1) is 19.6. The van der Waals surface area contributed by atoms with Crippen LogP contribution in [-0.4, -0.2) is 39.3 Å². The van der Waals surface area contributed by atoms with E-state index < -0.39 is 0 Å². The van der Waals surface area contributed by atoms with Crippen LogP contribution in [0, 0.1) is 11.8 Å². The molecular formula is C20H21ClN4O4. The average Bonchev–Trinajstić information content (AvgIpc) is 3.30. The lowest BCUT2D eigenvalue weighted by Gasteiger charge is -2.19. The number of benzene rings is 1. The fourth-order valence-electron chi connectivity index (χ4n) is 3.97. The van der Waals surface area contributed by atoms with E-state index in [-0.39, 0.29) is 55.0 Å². The molecule has 0 spiro atoms. The molecule has 2 heterocycles. The SMILES string of the molecule is O=C(CCN1C(=O)[C@H]2CCCC[C@H]2C1=O)NCc1nc(-c2ccc(Cl)cc2)no1. The second-order valence-electron chi connectivity index (χ2n) is 7.37. The van der Waals surface area contributed by atoms with Gasteiger partial charge < -0.3 is 9.84 Å². The van der Waals surface area contributed by atoms with Crippen LogP contribution in [0.25, 0.3) is 11.4 Å². The largest absolute Gasteiger partial charge is 0.347 e. The summed E-state index contributed by atoms with van der Waals surface area (Å²) in [6, 6.07) is 7.01. The maximum atomic E-state index is 12.4. The van der Waals surface area contributed by atoms with Crippen LogP contribution < -0.4 is 5.32 Å². The predicted octanol–water partition coefficient (Wildman–Crippen LogP) is 2.57. The van der Waals surface area contributed by atoms with Crippen LogP contribution in [0.15, 0.2) is 28.8 Å². The number of fused-ring (bicyclic) bond motifs is 1. The number of hydrogen-bond donors (Lipinski definition) is 1. The number of nitrogens with one attached hydrogen (secondary N) is 1. The van der Waals surface area contributed by atoms with Crippen molar-refractivity contribution in [3.8, 4) is 11.4 Å². The van der Waals surface area contributed by atoms with Crippen molar-refractivity contribution in [1.29, 1.82) is 0 Å². The van der Waals surface area contributed by atoms with E-state index in [1.165, 1.54) is 4.90 Å². The van der Waals surface area contributed by atoms with E-state index in [9.17, 15) is 14.4 Å². The van der Waals surface area contributed by atoms with E-state index in [0.29, 0.717) is 10.8 Å². The van der Waals surface area contributed by atoms with Crippen molar-refractivity contribution < 1.29 is 18.9 Å². The van der Waals surface area contributed by atoms with Gasteiger partial charge in [0, 0.05) is 23.6 Å². The van der Waals surface area contributed by atoms with Crippen molar-refractivity contribution in [2.75, 3.05) is 6.54 Å². The molecule has 9 heteroatoms. The lowest BCUT2D eigenvalue weighted by atomic mass is 9.81. The average molecular weight is 417 g/mol. The zero-order valence-corrected chi connectivity index (χ0v) is 16.5. The summed E-state index contributed by atoms with van der Waals surface area (Å²) in [5.74, 6) is -0.252. The second kappa shape index (κ2) is 8.32. The molecular weight excluding hydrogens is 396 g/mol. The number of carbonyl (C=O) groups is 3. The van der Waals surface area contributed by atoms with E-state index in [2.05, 4.69) is 15.5 Å². The van der Waals surface area contributed by atoms with Crippen molar-refractivity contribution in [3.63, 3.8) is 0 Å². The first-order valence-corrected chi connectivity index (χ1v) is 10.1. The van der Waals surface area contributed by atoms with Gasteiger partial charge >= 0.3 is 0 Å². The fraction of sp³-hybridized carbons (Fsp3) is 0.450. The van der Waals surface area contributed by atoms with Crippen molar-refractivity contribution in [3.05, 3.63) is 35.2 Å². The molecule has 2 atom stereocenters. The topological polar surface area (TPSA) is 105 Å². The molecule has 1 aliphatic carbocycles. The third-order valence-corrected chi connectivity index (χ3v) is 5.75. The molecule has 4 rings (SSSR count). The molecule has 152 valence electrons. The van der Waals surface area contributed by atoms with Crippen LogP contribution in [0.4, 0.5) is 0 Å². The normalized spacial score (nSPS) is 21.3. The van der Waals surface area contributed by atoms with Crippen LogP contribution in [0.5, 0.6) is 0 Å². The Kier molecular flexibility index (Phi) is 5.62. The lowest BCUT2D eigenvalue weighted by Crippen LogP contribution is -2.35. The molecule has 1 aliphatic heterocycles. The smallest absolute Gasteiger partial charge is 0.246 e. The Hall–Kier alpha value is -2.74. The van der Waals surface area contributed by atoms with Crippen LogP contribution in [0.1, 0.15) is 38.0 Å². The first-order chi connectivity index (χ1) is 14.0. The molecule has 1 N–H and O–H groups in total. The first-order valence-electron chi connectivity index (χ1n) is 9.73. The van der Waals surface area contributed by atoms with Crippen LogP contribution in [0.2, 0.25) is 5.02 Å². The molecule has 0 bridgehead atoms. The molecule has 2 aliphatic rings. The highest BCUT2D eigenvalue weighted by molar-refractivity contribution is 6.30. The summed E-state index contributed by atoms with van der Waals surface area (Å²) in [5, 5.41) is 7.18. The van der Waals surface area contributed by atoms with Crippen molar-refractivity contribution in [2.24, 2.45) is 11.8 Å². The molecule has 8 nitrogen and oxygen atoms in total. The fourth-order valence-corrected chi connectivity index (χ4v) is 4.10. The summed E-state index contributed by atoms with van der Waals surface area (Å²) in [5.41, 5.74) is 0.753. The van der Waals surface area contributed by atoms with Crippen LogP contribution >= 0.6 is 11.6 Å². The standard InChI is InChI=1S/C20H21ClN4O4/c21-13-7-5-12(6-8-13)18-23-17(29-24-18)11-22-16(26)9-10-25-19(27)14-3-1-2-4-15(14)20(25)28/h5-8,14-15H,1-4,9-11H2,(H,22,26)/t14-,15+. The molecule has 1 aromatic carbocycles. The molecule has 1 saturated heterocycles. The Morgan fingerprint density at radius 2 is 1.79 bits per heavy atom. The van der Waals surface area contributed by atoms with Gasteiger partial charge in [0.2, 0.25) is 29.4 Å². The van der Waals surface area contributed by atoms with Gasteiger partial charge in [-0.2, -0.15) is 4.98 Å². The quantitative estimate of drug-likeness (QED) is 0.725. The highest BCUT2D eigenvalue weighted by atomic mass is 35.5. The Bertz CT molecular complexity index is 903. The minimum absolute atomic E-state index is 0.0507. The van der Waals surface area contributed by atoms with E-state index in [1.54, 1.807) is 24.3 Å². The van der Waals surface area contributed by atoms with Gasteiger partial charge in [-0.05, 0) is 37.1 Å². The predicted molar refractivity (Wildman–Crippen MR) is 103 cm³/mol. The zero-order chi connectivity index (χ0) is 20.4. The molecule has 3 amide bonds. The molecule has 0 unspecified atom stereocenters. The number of amides is 3. The van der Waals surface area contributed by atoms with Gasteiger partial charge in [-0.1, -0.05) is 29.6 Å². The summed E-state index contributed by atoms with van der Waals surface area (Å²) in [6.07, 6.45) is 3.55. The number of hydrogen-bond acceptors (Lipinski definition) is 6. The zero-order valence-electron chi connectivity index (χ0n) is 15.8. The maximum Gasteiger partial charge on any atom is 0.246 e. The van der Waals surface area contributed by atoms with Crippen molar-refractivity contribution >= 4 is 29.3 Å². The highest BCUT2D eigenvalue weighted by Crippen LogP contribution is 2.37. The number of likely N-dealkylation sites (tertiary alicyclic amines) is 1. The van der Waals surface area contributed by atoms with E-state index in [0.717, 1.165) is 31.2 Å². The molecule has 29 heavy (non-hydrogen) atoms. The van der Waals surface area contributed by atoms with Gasteiger partial charge in [-0.15, -0.1) is 0 Å². The van der Waals surface area contributed by atoms with Crippen molar-refractivity contribution in [2.45, 2.75) is 38.6 Å². The lowest BCUT2D eigenvalue weighted by molar-refractivity contribution is -0.140. The summed E-state index contributed by atoms with van der Waals surface area (Å²) in [6.45, 7) is 0.183. The van der Waals surface area contributed by atoms with Gasteiger partial charge in [-0.3, -0.25) is 19.3 Å². The van der Waals surface area contributed by atoms with Gasteiger partial charge in [-0.25, -0.2) is 0 Å². The Morgan fingerprint density at radius 3 is 2.45 bits per heavy atom. The minimum atomic E-state index is -0.285. The van der Waals surface area contributed by atoms with Crippen LogP contribution in [-0.2, 0) is 20.9 Å². The number of nitrogens with zero attached hydrogens (tertiary/aromatic N) is 3. The second-order valence-corrected chi connectivity index (χ2v) is 7.81. The summed E-state index contributed by atoms with van der Waals surface area (Å²) in [4.78, 5) is 42.5. The third kappa shape index (κ3) is 4.17.